The van der Waals surface area contributed by atoms with Crippen molar-refractivity contribution in [2.45, 2.75) is 26.3 Å². The van der Waals surface area contributed by atoms with Crippen molar-refractivity contribution in [3.63, 3.8) is 0 Å². The lowest BCUT2D eigenvalue weighted by Gasteiger charge is -2.31. The first-order valence-electron chi connectivity index (χ1n) is 6.97. The molecule has 1 atom stereocenters. The molecule has 0 amide bonds. The van der Waals surface area contributed by atoms with Gasteiger partial charge in [-0.1, -0.05) is 24.6 Å². The van der Waals surface area contributed by atoms with Gasteiger partial charge < -0.3 is 15.4 Å². The van der Waals surface area contributed by atoms with Crippen molar-refractivity contribution in [1.82, 2.24) is 4.90 Å². The summed E-state index contributed by atoms with van der Waals surface area (Å²) in [6.07, 6.45) is 2.46. The molecule has 4 nitrogen and oxygen atoms in total. The van der Waals surface area contributed by atoms with Crippen LogP contribution in [0.4, 0.5) is 0 Å². The normalized spacial score (nSPS) is 20.1. The number of rotatable bonds is 3. The Balaban J connectivity index is 1.99. The van der Waals surface area contributed by atoms with Crippen LogP contribution in [0.25, 0.3) is 0 Å². The van der Waals surface area contributed by atoms with E-state index in [0.29, 0.717) is 29.2 Å². The summed E-state index contributed by atoms with van der Waals surface area (Å²) in [5, 5.41) is 0.602. The number of piperidine rings is 1. The SMILES string of the molecule is COc1ccc(CN=C(N)N2CCCC(C)C2)cc1Cl. The molecule has 0 spiro atoms. The molecule has 1 fully saturated rings. The Bertz CT molecular complexity index is 490. The molecule has 1 heterocycles. The average molecular weight is 296 g/mol. The van der Waals surface area contributed by atoms with Gasteiger partial charge in [-0.15, -0.1) is 0 Å². The second-order valence-electron chi connectivity index (χ2n) is 5.34. The Morgan fingerprint density at radius 3 is 3.00 bits per heavy atom. The van der Waals surface area contributed by atoms with E-state index < -0.39 is 0 Å². The monoisotopic (exact) mass is 295 g/mol. The smallest absolute Gasteiger partial charge is 0.191 e. The van der Waals surface area contributed by atoms with Gasteiger partial charge in [0.25, 0.3) is 0 Å². The predicted molar refractivity (Wildman–Crippen MR) is 83.3 cm³/mol. The number of halogens is 1. The highest BCUT2D eigenvalue weighted by molar-refractivity contribution is 6.32. The van der Waals surface area contributed by atoms with Gasteiger partial charge in [0.1, 0.15) is 5.75 Å². The van der Waals surface area contributed by atoms with Gasteiger partial charge in [0.2, 0.25) is 0 Å². The summed E-state index contributed by atoms with van der Waals surface area (Å²) in [6.45, 7) is 4.80. The van der Waals surface area contributed by atoms with Gasteiger partial charge in [-0.2, -0.15) is 0 Å². The molecule has 0 aromatic heterocycles. The Morgan fingerprint density at radius 2 is 2.35 bits per heavy atom. The highest BCUT2D eigenvalue weighted by Gasteiger charge is 2.17. The number of aliphatic imine (C=N–C) groups is 1. The highest BCUT2D eigenvalue weighted by atomic mass is 35.5. The van der Waals surface area contributed by atoms with Crippen LogP contribution >= 0.6 is 11.6 Å². The zero-order valence-corrected chi connectivity index (χ0v) is 12.9. The summed E-state index contributed by atoms with van der Waals surface area (Å²) in [5.41, 5.74) is 7.10. The molecule has 0 saturated carbocycles. The molecule has 20 heavy (non-hydrogen) atoms. The van der Waals surface area contributed by atoms with Crippen LogP contribution in [-0.4, -0.2) is 31.1 Å². The molecule has 0 bridgehead atoms. The first-order chi connectivity index (χ1) is 9.60. The largest absolute Gasteiger partial charge is 0.495 e. The fraction of sp³-hybridized carbons (Fsp3) is 0.533. The molecule has 1 aromatic carbocycles. The number of guanidine groups is 1. The maximum atomic E-state index is 6.10. The molecule has 0 aliphatic carbocycles. The van der Waals surface area contributed by atoms with Crippen molar-refractivity contribution in [3.05, 3.63) is 28.8 Å². The van der Waals surface area contributed by atoms with Gasteiger partial charge >= 0.3 is 0 Å². The first kappa shape index (κ1) is 15.0. The van der Waals surface area contributed by atoms with Crippen molar-refractivity contribution in [2.75, 3.05) is 20.2 Å². The van der Waals surface area contributed by atoms with E-state index in [4.69, 9.17) is 22.1 Å². The van der Waals surface area contributed by atoms with Crippen molar-refractivity contribution in [2.24, 2.45) is 16.6 Å². The van der Waals surface area contributed by atoms with E-state index in [-0.39, 0.29) is 0 Å². The van der Waals surface area contributed by atoms with Crippen molar-refractivity contribution in [3.8, 4) is 5.75 Å². The van der Waals surface area contributed by atoms with Crippen LogP contribution in [0.5, 0.6) is 5.75 Å². The molecule has 2 N–H and O–H groups in total. The van der Waals surface area contributed by atoms with Gasteiger partial charge in [0.15, 0.2) is 5.96 Å². The van der Waals surface area contributed by atoms with E-state index in [1.165, 1.54) is 12.8 Å². The Kier molecular flexibility index (Phi) is 5.12. The molecule has 0 radical (unpaired) electrons. The van der Waals surface area contributed by atoms with Crippen LogP contribution in [0, 0.1) is 5.92 Å². The lowest BCUT2D eigenvalue weighted by atomic mass is 10.0. The molecule has 1 aliphatic rings. The number of hydrogen-bond acceptors (Lipinski definition) is 2. The minimum absolute atomic E-state index is 0.542. The Labute approximate surface area is 125 Å². The summed E-state index contributed by atoms with van der Waals surface area (Å²) in [7, 11) is 1.61. The maximum absolute atomic E-state index is 6.10. The molecule has 1 aromatic rings. The maximum Gasteiger partial charge on any atom is 0.191 e. The van der Waals surface area contributed by atoms with Crippen molar-refractivity contribution >= 4 is 17.6 Å². The molecular weight excluding hydrogens is 274 g/mol. The number of methoxy groups -OCH3 is 1. The highest BCUT2D eigenvalue weighted by Crippen LogP contribution is 2.25. The number of ether oxygens (including phenoxy) is 1. The van der Waals surface area contributed by atoms with Crippen molar-refractivity contribution in [1.29, 1.82) is 0 Å². The fourth-order valence-corrected chi connectivity index (χ4v) is 2.76. The van der Waals surface area contributed by atoms with E-state index >= 15 is 0 Å². The standard InChI is InChI=1S/C15H22ClN3O/c1-11-4-3-7-19(10-11)15(17)18-9-12-5-6-14(20-2)13(16)8-12/h5-6,8,11H,3-4,7,9-10H2,1-2H3,(H2,17,18). The van der Waals surface area contributed by atoms with Crippen LogP contribution in [0.15, 0.2) is 23.2 Å². The summed E-state index contributed by atoms with van der Waals surface area (Å²) in [6, 6.07) is 5.68. The second-order valence-corrected chi connectivity index (χ2v) is 5.74. The van der Waals surface area contributed by atoms with E-state index in [0.717, 1.165) is 18.7 Å². The average Bonchev–Trinajstić information content (AvgIpc) is 2.45. The number of hydrogen-bond donors (Lipinski definition) is 1. The van der Waals surface area contributed by atoms with Crippen LogP contribution in [0.3, 0.4) is 0 Å². The third-order valence-electron chi connectivity index (χ3n) is 3.62. The summed E-state index contributed by atoms with van der Waals surface area (Å²) >= 11 is 6.10. The first-order valence-corrected chi connectivity index (χ1v) is 7.35. The summed E-state index contributed by atoms with van der Waals surface area (Å²) < 4.78 is 5.13. The zero-order valence-electron chi connectivity index (χ0n) is 12.1. The van der Waals surface area contributed by atoms with Gasteiger partial charge in [0.05, 0.1) is 18.7 Å². The zero-order chi connectivity index (χ0) is 14.5. The lowest BCUT2D eigenvalue weighted by molar-refractivity contribution is 0.270. The number of nitrogens with zero attached hydrogens (tertiary/aromatic N) is 2. The number of likely N-dealkylation sites (tertiary alicyclic amines) is 1. The molecule has 1 aliphatic heterocycles. The van der Waals surface area contributed by atoms with Gasteiger partial charge in [-0.05, 0) is 36.5 Å². The van der Waals surface area contributed by atoms with Gasteiger partial charge in [0, 0.05) is 13.1 Å². The minimum Gasteiger partial charge on any atom is -0.495 e. The van der Waals surface area contributed by atoms with Gasteiger partial charge in [-0.25, -0.2) is 4.99 Å². The van der Waals surface area contributed by atoms with Crippen LogP contribution in [0.1, 0.15) is 25.3 Å². The Morgan fingerprint density at radius 1 is 1.55 bits per heavy atom. The molecular formula is C15H22ClN3O. The lowest BCUT2D eigenvalue weighted by Crippen LogP contribution is -2.43. The van der Waals surface area contributed by atoms with Gasteiger partial charge in [-0.3, -0.25) is 0 Å². The Hall–Kier alpha value is -1.42. The summed E-state index contributed by atoms with van der Waals surface area (Å²) in [5.74, 6) is 1.99. The van der Waals surface area contributed by atoms with Crippen molar-refractivity contribution < 1.29 is 4.74 Å². The van der Waals surface area contributed by atoms with E-state index in [9.17, 15) is 0 Å². The molecule has 1 saturated heterocycles. The van der Waals surface area contributed by atoms with Crippen LogP contribution < -0.4 is 10.5 Å². The quantitative estimate of drug-likeness (QED) is 0.689. The molecule has 110 valence electrons. The minimum atomic E-state index is 0.542. The topological polar surface area (TPSA) is 50.9 Å². The second kappa shape index (κ2) is 6.84. The molecule has 5 heteroatoms. The van der Waals surface area contributed by atoms with Crippen LogP contribution in [0.2, 0.25) is 5.02 Å². The van der Waals surface area contributed by atoms with E-state index in [1.807, 2.05) is 18.2 Å². The predicted octanol–water partition coefficient (Wildman–Crippen LogP) is 2.90. The molecule has 1 unspecified atom stereocenters. The third kappa shape index (κ3) is 3.79. The van der Waals surface area contributed by atoms with E-state index in [1.54, 1.807) is 7.11 Å². The fourth-order valence-electron chi connectivity index (χ4n) is 2.48. The van der Waals surface area contributed by atoms with Crippen LogP contribution in [-0.2, 0) is 6.54 Å². The third-order valence-corrected chi connectivity index (χ3v) is 3.92. The van der Waals surface area contributed by atoms with E-state index in [2.05, 4.69) is 16.8 Å². The number of nitrogens with two attached hydrogens (primary N) is 1. The molecule has 2 rings (SSSR count). The summed E-state index contributed by atoms with van der Waals surface area (Å²) in [4.78, 5) is 6.64. The number of benzene rings is 1.